The number of nitrogens with one attached hydrogen (secondary N) is 1. The molecule has 1 atom stereocenters. The van der Waals surface area contributed by atoms with E-state index in [-0.39, 0.29) is 11.8 Å². The molecule has 2 N–H and O–H groups in total. The van der Waals surface area contributed by atoms with Gasteiger partial charge < -0.3 is 10.4 Å². The molecule has 0 radical (unpaired) electrons. The fourth-order valence-corrected chi connectivity index (χ4v) is 2.79. The summed E-state index contributed by atoms with van der Waals surface area (Å²) in [6.45, 7) is 4.27. The lowest BCUT2D eigenvalue weighted by molar-refractivity contribution is -0.383. The van der Waals surface area contributed by atoms with Crippen LogP contribution in [-0.4, -0.2) is 27.7 Å². The number of benzene rings is 1. The maximum atomic E-state index is 11.1. The number of aliphatic hydroxyl groups excluding tert-OH is 1. The molecule has 7 heteroatoms. The molecule has 0 fully saturated rings. The average molecular weight is 295 g/mol. The molecule has 1 unspecified atom stereocenters. The molecule has 0 saturated carbocycles. The summed E-state index contributed by atoms with van der Waals surface area (Å²) in [6.07, 6.45) is 0.849. The Morgan fingerprint density at radius 3 is 2.95 bits per heavy atom. The highest BCUT2D eigenvalue weighted by molar-refractivity contribution is 7.18. The number of aryl methyl sites for hydroxylation is 1. The van der Waals surface area contributed by atoms with Crippen LogP contribution in [0.25, 0.3) is 10.2 Å². The van der Waals surface area contributed by atoms with Gasteiger partial charge in [-0.05, 0) is 25.8 Å². The van der Waals surface area contributed by atoms with E-state index in [0.717, 1.165) is 15.2 Å². The van der Waals surface area contributed by atoms with Gasteiger partial charge in [-0.3, -0.25) is 10.1 Å². The highest BCUT2D eigenvalue weighted by atomic mass is 32.1. The lowest BCUT2D eigenvalue weighted by Gasteiger charge is -2.10. The first-order valence-corrected chi connectivity index (χ1v) is 7.30. The first-order chi connectivity index (χ1) is 9.51. The maximum absolute atomic E-state index is 11.1. The van der Waals surface area contributed by atoms with Crippen LogP contribution in [0.5, 0.6) is 0 Å². The molecule has 0 bridgehead atoms. The third-order valence-corrected chi connectivity index (χ3v) is 4.01. The molecule has 108 valence electrons. The quantitative estimate of drug-likeness (QED) is 0.631. The number of aliphatic hydroxyl groups is 1. The zero-order chi connectivity index (χ0) is 14.7. The van der Waals surface area contributed by atoms with Crippen LogP contribution in [-0.2, 0) is 0 Å². The second kappa shape index (κ2) is 6.15. The molecule has 1 aromatic carbocycles. The summed E-state index contributed by atoms with van der Waals surface area (Å²) in [5.41, 5.74) is 1.26. The van der Waals surface area contributed by atoms with Gasteiger partial charge in [0.1, 0.15) is 5.69 Å². The minimum absolute atomic E-state index is 0.0483. The van der Waals surface area contributed by atoms with Crippen molar-refractivity contribution < 1.29 is 10.0 Å². The Morgan fingerprint density at radius 2 is 2.30 bits per heavy atom. The molecular weight excluding hydrogens is 278 g/mol. The Bertz CT molecular complexity index is 627. The van der Waals surface area contributed by atoms with Gasteiger partial charge in [-0.2, -0.15) is 0 Å². The third-order valence-electron chi connectivity index (χ3n) is 3.07. The molecule has 2 aromatic rings. The zero-order valence-electron chi connectivity index (χ0n) is 11.4. The highest BCUT2D eigenvalue weighted by Gasteiger charge is 2.17. The Labute approximate surface area is 120 Å². The summed E-state index contributed by atoms with van der Waals surface area (Å²) >= 11 is 1.44. The van der Waals surface area contributed by atoms with E-state index in [1.54, 1.807) is 12.1 Å². The normalized spacial score (nSPS) is 12.6. The van der Waals surface area contributed by atoms with Gasteiger partial charge in [0.05, 0.1) is 26.3 Å². The molecule has 0 saturated heterocycles. The number of anilines is 1. The number of nitrogens with zero attached hydrogens (tertiary/aromatic N) is 2. The number of fused-ring (bicyclic) bond motifs is 1. The van der Waals surface area contributed by atoms with Gasteiger partial charge in [-0.15, -0.1) is 11.3 Å². The van der Waals surface area contributed by atoms with Gasteiger partial charge in [-0.25, -0.2) is 4.98 Å². The van der Waals surface area contributed by atoms with Crippen molar-refractivity contribution in [2.45, 2.75) is 32.8 Å². The summed E-state index contributed by atoms with van der Waals surface area (Å²) in [5.74, 6) is 0. The number of thiazole rings is 1. The van der Waals surface area contributed by atoms with Gasteiger partial charge in [0.25, 0.3) is 5.69 Å². The van der Waals surface area contributed by atoms with Crippen molar-refractivity contribution in [3.8, 4) is 0 Å². The second-order valence-electron chi connectivity index (χ2n) is 4.60. The Kier molecular flexibility index (Phi) is 4.51. The number of hydrogen-bond donors (Lipinski definition) is 2. The minimum Gasteiger partial charge on any atom is -0.393 e. The molecule has 1 aromatic heterocycles. The molecule has 0 aliphatic heterocycles. The van der Waals surface area contributed by atoms with Crippen LogP contribution < -0.4 is 5.32 Å². The highest BCUT2D eigenvalue weighted by Crippen LogP contribution is 2.32. The van der Waals surface area contributed by atoms with Crippen molar-refractivity contribution >= 4 is 32.9 Å². The van der Waals surface area contributed by atoms with Crippen LogP contribution in [0, 0.1) is 17.0 Å². The number of aromatic nitrogens is 1. The standard InChI is InChI=1S/C13H17N3O3S/c1-3-9(17)4-5-14-10-6-11-13(20-8(2)15-11)7-12(10)16(18)19/h6-7,9,14,17H,3-5H2,1-2H3. The zero-order valence-corrected chi connectivity index (χ0v) is 12.2. The van der Waals surface area contributed by atoms with E-state index in [1.807, 2.05) is 13.8 Å². The molecule has 20 heavy (non-hydrogen) atoms. The fourth-order valence-electron chi connectivity index (χ4n) is 1.95. The van der Waals surface area contributed by atoms with E-state index in [1.165, 1.54) is 11.3 Å². The molecule has 0 spiro atoms. The maximum Gasteiger partial charge on any atom is 0.293 e. The number of nitro benzene ring substituents is 1. The summed E-state index contributed by atoms with van der Waals surface area (Å²) in [7, 11) is 0. The largest absolute Gasteiger partial charge is 0.393 e. The summed E-state index contributed by atoms with van der Waals surface area (Å²) in [4.78, 5) is 15.1. The van der Waals surface area contributed by atoms with Crippen LogP contribution in [0.2, 0.25) is 0 Å². The molecular formula is C13H17N3O3S. The van der Waals surface area contributed by atoms with Crippen molar-refractivity contribution in [1.82, 2.24) is 4.98 Å². The summed E-state index contributed by atoms with van der Waals surface area (Å²) < 4.78 is 0.813. The Balaban J connectivity index is 2.25. The number of hydrogen-bond acceptors (Lipinski definition) is 6. The van der Waals surface area contributed by atoms with Crippen molar-refractivity contribution in [2.75, 3.05) is 11.9 Å². The molecule has 6 nitrogen and oxygen atoms in total. The molecule has 2 rings (SSSR count). The van der Waals surface area contributed by atoms with Crippen LogP contribution in [0.3, 0.4) is 0 Å². The van der Waals surface area contributed by atoms with Crippen LogP contribution in [0.4, 0.5) is 11.4 Å². The number of rotatable bonds is 6. The smallest absolute Gasteiger partial charge is 0.293 e. The SMILES string of the molecule is CCC(O)CCNc1cc2nc(C)sc2cc1[N+](=O)[O-]. The van der Waals surface area contributed by atoms with Crippen molar-refractivity contribution in [2.24, 2.45) is 0 Å². The predicted octanol–water partition coefficient (Wildman–Crippen LogP) is 3.09. The van der Waals surface area contributed by atoms with E-state index in [4.69, 9.17) is 0 Å². The summed E-state index contributed by atoms with van der Waals surface area (Å²) in [6, 6.07) is 3.26. The van der Waals surface area contributed by atoms with Crippen molar-refractivity contribution in [3.63, 3.8) is 0 Å². The molecule has 1 heterocycles. The van der Waals surface area contributed by atoms with E-state index < -0.39 is 4.92 Å². The topological polar surface area (TPSA) is 88.3 Å². The predicted molar refractivity (Wildman–Crippen MR) is 80.4 cm³/mol. The van der Waals surface area contributed by atoms with Gasteiger partial charge in [0.2, 0.25) is 0 Å². The van der Waals surface area contributed by atoms with Crippen molar-refractivity contribution in [1.29, 1.82) is 0 Å². The van der Waals surface area contributed by atoms with Gasteiger partial charge in [-0.1, -0.05) is 6.92 Å². The molecule has 0 amide bonds. The van der Waals surface area contributed by atoms with Crippen LogP contribution in [0.1, 0.15) is 24.8 Å². The average Bonchev–Trinajstić information content (AvgIpc) is 2.76. The van der Waals surface area contributed by atoms with E-state index in [9.17, 15) is 15.2 Å². The van der Waals surface area contributed by atoms with Crippen molar-refractivity contribution in [3.05, 3.63) is 27.3 Å². The van der Waals surface area contributed by atoms with E-state index in [2.05, 4.69) is 10.3 Å². The minimum atomic E-state index is -0.396. The Morgan fingerprint density at radius 1 is 1.55 bits per heavy atom. The van der Waals surface area contributed by atoms with E-state index in [0.29, 0.717) is 25.1 Å². The first-order valence-electron chi connectivity index (χ1n) is 6.48. The summed E-state index contributed by atoms with van der Waals surface area (Å²) in [5, 5.41) is 24.5. The van der Waals surface area contributed by atoms with Gasteiger partial charge in [0, 0.05) is 12.6 Å². The third kappa shape index (κ3) is 3.23. The van der Waals surface area contributed by atoms with Crippen LogP contribution >= 0.6 is 11.3 Å². The van der Waals surface area contributed by atoms with Gasteiger partial charge in [0.15, 0.2) is 0 Å². The first kappa shape index (κ1) is 14.7. The lowest BCUT2D eigenvalue weighted by atomic mass is 10.2. The number of nitro groups is 1. The Hall–Kier alpha value is -1.73. The van der Waals surface area contributed by atoms with Crippen LogP contribution in [0.15, 0.2) is 12.1 Å². The fraction of sp³-hybridized carbons (Fsp3) is 0.462. The van der Waals surface area contributed by atoms with Gasteiger partial charge >= 0.3 is 0 Å². The lowest BCUT2D eigenvalue weighted by Crippen LogP contribution is -2.12. The second-order valence-corrected chi connectivity index (χ2v) is 5.84. The molecule has 0 aliphatic rings. The van der Waals surface area contributed by atoms with E-state index >= 15 is 0 Å². The monoisotopic (exact) mass is 295 g/mol. The molecule has 0 aliphatic carbocycles.